The maximum atomic E-state index is 3.74. The van der Waals surface area contributed by atoms with Crippen molar-refractivity contribution in [1.29, 1.82) is 0 Å². The molecule has 21 heavy (non-hydrogen) atoms. The van der Waals surface area contributed by atoms with E-state index in [1.807, 2.05) is 0 Å². The summed E-state index contributed by atoms with van der Waals surface area (Å²) in [5, 5.41) is 4.52. The summed E-state index contributed by atoms with van der Waals surface area (Å²) >= 11 is 2.18. The Bertz CT molecular complexity index is 409. The Labute approximate surface area is 135 Å². The molecule has 0 aromatic heterocycles. The van der Waals surface area contributed by atoms with Crippen molar-refractivity contribution in [3.63, 3.8) is 0 Å². The topological polar surface area (TPSA) is 12.0 Å². The second-order valence-electron chi connectivity index (χ2n) is 6.50. The van der Waals surface area contributed by atoms with E-state index in [1.54, 1.807) is 0 Å². The Morgan fingerprint density at radius 2 is 1.67 bits per heavy atom. The van der Waals surface area contributed by atoms with Crippen molar-refractivity contribution in [1.82, 2.24) is 5.32 Å². The smallest absolute Gasteiger partial charge is 0.0204 e. The van der Waals surface area contributed by atoms with Gasteiger partial charge in [0.05, 0.1) is 0 Å². The van der Waals surface area contributed by atoms with Crippen molar-refractivity contribution < 1.29 is 0 Å². The molecule has 1 aromatic rings. The first-order chi connectivity index (χ1) is 10.2. The molecule has 0 saturated heterocycles. The van der Waals surface area contributed by atoms with Crippen molar-refractivity contribution >= 4 is 11.8 Å². The second kappa shape index (κ2) is 8.85. The third-order valence-electron chi connectivity index (χ3n) is 4.41. The Morgan fingerprint density at radius 3 is 2.33 bits per heavy atom. The minimum atomic E-state index is 0.714. The third-order valence-corrected chi connectivity index (χ3v) is 5.91. The number of thioether (sulfide) groups is 1. The van der Waals surface area contributed by atoms with Gasteiger partial charge < -0.3 is 5.32 Å². The first kappa shape index (κ1) is 16.9. The summed E-state index contributed by atoms with van der Waals surface area (Å²) in [5.41, 5.74) is 4.29. The zero-order chi connectivity index (χ0) is 15.1. The van der Waals surface area contributed by atoms with E-state index in [2.05, 4.69) is 56.0 Å². The molecule has 1 aliphatic rings. The number of nitrogens with one attached hydrogen (secondary N) is 1. The van der Waals surface area contributed by atoms with E-state index in [-0.39, 0.29) is 0 Å². The molecule has 2 heteroatoms. The maximum absolute atomic E-state index is 3.74. The summed E-state index contributed by atoms with van der Waals surface area (Å²) in [6.07, 6.45) is 8.41. The molecule has 1 saturated carbocycles. The van der Waals surface area contributed by atoms with Crippen LogP contribution in [0.1, 0.15) is 62.1 Å². The van der Waals surface area contributed by atoms with Crippen molar-refractivity contribution in [2.45, 2.75) is 76.3 Å². The minimum Gasteiger partial charge on any atom is -0.313 e. The first-order valence-electron chi connectivity index (χ1n) is 8.61. The maximum Gasteiger partial charge on any atom is 0.0204 e. The summed E-state index contributed by atoms with van der Waals surface area (Å²) in [7, 11) is 0. The van der Waals surface area contributed by atoms with Gasteiger partial charge in [-0.15, -0.1) is 0 Å². The molecule has 1 aromatic carbocycles. The minimum absolute atomic E-state index is 0.714. The molecule has 0 amide bonds. The number of hydrogen-bond acceptors (Lipinski definition) is 2. The Balaban J connectivity index is 1.96. The first-order valence-corrected chi connectivity index (χ1v) is 9.66. The third kappa shape index (κ3) is 5.67. The van der Waals surface area contributed by atoms with Gasteiger partial charge in [0, 0.05) is 17.0 Å². The fraction of sp³-hybridized carbons (Fsp3) is 0.684. The lowest BCUT2D eigenvalue weighted by molar-refractivity contribution is 0.406. The molecule has 1 aliphatic carbocycles. The van der Waals surface area contributed by atoms with Gasteiger partial charge in [-0.2, -0.15) is 11.8 Å². The Morgan fingerprint density at radius 1 is 1.00 bits per heavy atom. The lowest BCUT2D eigenvalue weighted by Gasteiger charge is -2.29. The summed E-state index contributed by atoms with van der Waals surface area (Å²) < 4.78 is 0. The van der Waals surface area contributed by atoms with Crippen molar-refractivity contribution in [2.24, 2.45) is 0 Å². The van der Waals surface area contributed by atoms with Gasteiger partial charge in [0.2, 0.25) is 0 Å². The van der Waals surface area contributed by atoms with Crippen LogP contribution in [0.4, 0.5) is 0 Å². The van der Waals surface area contributed by atoms with Crippen LogP contribution < -0.4 is 5.32 Å². The number of rotatable bonds is 5. The Kier molecular flexibility index (Phi) is 7.12. The molecule has 2 rings (SSSR count). The highest BCUT2D eigenvalue weighted by Gasteiger charge is 2.22. The average Bonchev–Trinajstić information content (AvgIpc) is 2.40. The molecule has 0 bridgehead atoms. The highest BCUT2D eigenvalue weighted by Crippen LogP contribution is 2.30. The monoisotopic (exact) mass is 305 g/mol. The fourth-order valence-corrected chi connectivity index (χ4v) is 4.87. The van der Waals surface area contributed by atoms with Gasteiger partial charge in [-0.3, -0.25) is 0 Å². The second-order valence-corrected chi connectivity index (χ2v) is 7.73. The Hall–Kier alpha value is -0.470. The largest absolute Gasteiger partial charge is 0.313 e. The quantitative estimate of drug-likeness (QED) is 0.798. The summed E-state index contributed by atoms with van der Waals surface area (Å²) in [4.78, 5) is 0. The van der Waals surface area contributed by atoms with E-state index in [1.165, 1.54) is 55.2 Å². The summed E-state index contributed by atoms with van der Waals surface area (Å²) in [5.74, 6) is 1.16. The molecule has 118 valence electrons. The van der Waals surface area contributed by atoms with Gasteiger partial charge >= 0.3 is 0 Å². The van der Waals surface area contributed by atoms with E-state index < -0.39 is 0 Å². The fourth-order valence-electron chi connectivity index (χ4n) is 3.50. The van der Waals surface area contributed by atoms with Gasteiger partial charge in [-0.1, -0.05) is 61.9 Å². The molecular weight excluding hydrogens is 274 g/mol. The molecule has 2 unspecified atom stereocenters. The predicted molar refractivity (Wildman–Crippen MR) is 96.2 cm³/mol. The van der Waals surface area contributed by atoms with Crippen LogP contribution in [0, 0.1) is 13.8 Å². The zero-order valence-corrected chi connectivity index (χ0v) is 14.8. The van der Waals surface area contributed by atoms with E-state index in [0.29, 0.717) is 6.04 Å². The zero-order valence-electron chi connectivity index (χ0n) is 14.0. The predicted octanol–water partition coefficient (Wildman–Crippen LogP) is 5.24. The average molecular weight is 306 g/mol. The van der Waals surface area contributed by atoms with E-state index in [9.17, 15) is 0 Å². The summed E-state index contributed by atoms with van der Waals surface area (Å²) in [6.45, 7) is 7.76. The van der Waals surface area contributed by atoms with Crippen LogP contribution in [-0.2, 0) is 5.75 Å². The van der Waals surface area contributed by atoms with Crippen molar-refractivity contribution in [3.8, 4) is 0 Å². The van der Waals surface area contributed by atoms with E-state index in [0.717, 1.165) is 17.5 Å². The molecule has 1 fully saturated rings. The highest BCUT2D eigenvalue weighted by atomic mass is 32.2. The SMILES string of the molecule is CCNC1CCCCCCC1SCc1cc(C)cc(C)c1. The van der Waals surface area contributed by atoms with E-state index >= 15 is 0 Å². The lowest BCUT2D eigenvalue weighted by atomic mass is 9.96. The van der Waals surface area contributed by atoms with Crippen LogP contribution in [0.2, 0.25) is 0 Å². The lowest BCUT2D eigenvalue weighted by Crippen LogP contribution is -2.38. The molecule has 0 heterocycles. The van der Waals surface area contributed by atoms with Crippen molar-refractivity contribution in [3.05, 3.63) is 34.9 Å². The molecule has 1 nitrogen and oxygen atoms in total. The number of aryl methyl sites for hydroxylation is 2. The molecule has 0 spiro atoms. The molecule has 2 atom stereocenters. The van der Waals surface area contributed by atoms with Crippen LogP contribution >= 0.6 is 11.8 Å². The van der Waals surface area contributed by atoms with Gasteiger partial charge in [0.1, 0.15) is 0 Å². The van der Waals surface area contributed by atoms with Crippen LogP contribution in [-0.4, -0.2) is 17.8 Å². The highest BCUT2D eigenvalue weighted by molar-refractivity contribution is 7.99. The van der Waals surface area contributed by atoms with Crippen LogP contribution in [0.3, 0.4) is 0 Å². The molecule has 1 N–H and O–H groups in total. The normalized spacial score (nSPS) is 23.6. The van der Waals surface area contributed by atoms with Gasteiger partial charge in [0.25, 0.3) is 0 Å². The van der Waals surface area contributed by atoms with Gasteiger partial charge in [0.15, 0.2) is 0 Å². The van der Waals surface area contributed by atoms with Crippen LogP contribution in [0.5, 0.6) is 0 Å². The molecular formula is C19H31NS. The van der Waals surface area contributed by atoms with Gasteiger partial charge in [-0.05, 0) is 38.8 Å². The standard InChI is InChI=1S/C19H31NS/c1-4-20-18-9-7-5-6-8-10-19(18)21-14-17-12-15(2)11-16(3)13-17/h11-13,18-20H,4-10,14H2,1-3H3. The van der Waals surface area contributed by atoms with E-state index in [4.69, 9.17) is 0 Å². The van der Waals surface area contributed by atoms with Crippen molar-refractivity contribution in [2.75, 3.05) is 6.54 Å². The number of benzene rings is 1. The molecule has 0 aliphatic heterocycles. The summed E-state index contributed by atoms with van der Waals surface area (Å²) in [6, 6.07) is 7.69. The van der Waals surface area contributed by atoms with Crippen LogP contribution in [0.15, 0.2) is 18.2 Å². The number of hydrogen-bond donors (Lipinski definition) is 1. The molecule has 0 radical (unpaired) electrons. The van der Waals surface area contributed by atoms with Gasteiger partial charge in [-0.25, -0.2) is 0 Å². The van der Waals surface area contributed by atoms with Crippen LogP contribution in [0.25, 0.3) is 0 Å².